The molecule has 0 aliphatic rings. The molecule has 0 bridgehead atoms. The predicted octanol–water partition coefficient (Wildman–Crippen LogP) is 0.227. The number of rotatable bonds is 12. The lowest BCUT2D eigenvalue weighted by Gasteiger charge is -2.25. The normalized spacial score (nSPS) is 14.8. The minimum Gasteiger partial charge on any atom is -0.508 e. The van der Waals surface area contributed by atoms with Crippen LogP contribution in [0, 0.1) is 5.92 Å². The van der Waals surface area contributed by atoms with E-state index in [9.17, 15) is 29.4 Å². The number of phenols is 1. The third-order valence-electron chi connectivity index (χ3n) is 4.79. The van der Waals surface area contributed by atoms with E-state index in [0.29, 0.717) is 12.0 Å². The number of carboxylic acids is 2. The van der Waals surface area contributed by atoms with Crippen molar-refractivity contribution in [3.05, 3.63) is 29.8 Å². The van der Waals surface area contributed by atoms with Crippen LogP contribution in [0.15, 0.2) is 24.3 Å². The van der Waals surface area contributed by atoms with E-state index in [4.69, 9.17) is 10.8 Å². The van der Waals surface area contributed by atoms with Crippen LogP contribution in [-0.2, 0) is 25.6 Å². The summed E-state index contributed by atoms with van der Waals surface area (Å²) in [6, 6.07) is 2.56. The maximum atomic E-state index is 12.8. The average Bonchev–Trinajstić information content (AvgIpc) is 2.69. The number of amides is 2. The molecule has 0 aromatic heterocycles. The minimum atomic E-state index is -1.19. The molecule has 0 saturated heterocycles. The smallest absolute Gasteiger partial charge is 0.326 e. The molecule has 0 radical (unpaired) electrons. The number of carbonyl (C=O) groups is 4. The highest BCUT2D eigenvalue weighted by Crippen LogP contribution is 2.13. The fourth-order valence-electron chi connectivity index (χ4n) is 2.70. The molecule has 30 heavy (non-hydrogen) atoms. The number of hydrogen-bond acceptors (Lipinski definition) is 6. The van der Waals surface area contributed by atoms with Gasteiger partial charge in [-0.2, -0.15) is 0 Å². The van der Waals surface area contributed by atoms with E-state index in [0.717, 1.165) is 0 Å². The molecule has 0 aliphatic heterocycles. The molecule has 1 rings (SSSR count). The average molecular weight is 423 g/mol. The zero-order valence-corrected chi connectivity index (χ0v) is 17.0. The molecular weight excluding hydrogens is 394 g/mol. The van der Waals surface area contributed by atoms with Gasteiger partial charge >= 0.3 is 11.9 Å². The topological polar surface area (TPSA) is 179 Å². The van der Waals surface area contributed by atoms with Gasteiger partial charge < -0.3 is 31.7 Å². The number of benzene rings is 1. The highest BCUT2D eigenvalue weighted by Gasteiger charge is 2.30. The number of carbonyl (C=O) groups excluding carboxylic acids is 2. The van der Waals surface area contributed by atoms with E-state index < -0.39 is 41.9 Å². The number of hydrogen-bond donors (Lipinski definition) is 6. The van der Waals surface area contributed by atoms with Crippen molar-refractivity contribution in [1.82, 2.24) is 10.6 Å². The Hall–Kier alpha value is -3.14. The fraction of sp³-hybridized carbons (Fsp3) is 0.500. The number of aromatic hydroxyl groups is 1. The Kier molecular flexibility index (Phi) is 9.76. The van der Waals surface area contributed by atoms with Crippen LogP contribution in [0.2, 0.25) is 0 Å². The van der Waals surface area contributed by atoms with Crippen molar-refractivity contribution in [2.24, 2.45) is 11.7 Å². The van der Waals surface area contributed by atoms with E-state index in [-0.39, 0.29) is 30.9 Å². The van der Waals surface area contributed by atoms with E-state index in [1.54, 1.807) is 26.0 Å². The summed E-state index contributed by atoms with van der Waals surface area (Å²) in [7, 11) is 0. The third kappa shape index (κ3) is 8.08. The van der Waals surface area contributed by atoms with Gasteiger partial charge in [0, 0.05) is 12.8 Å². The maximum Gasteiger partial charge on any atom is 0.326 e. The zero-order valence-electron chi connectivity index (χ0n) is 17.0. The summed E-state index contributed by atoms with van der Waals surface area (Å²) < 4.78 is 0. The van der Waals surface area contributed by atoms with Crippen molar-refractivity contribution in [3.63, 3.8) is 0 Å². The van der Waals surface area contributed by atoms with Crippen molar-refractivity contribution in [1.29, 1.82) is 0 Å². The summed E-state index contributed by atoms with van der Waals surface area (Å²) in [6.45, 7) is 3.48. The predicted molar refractivity (Wildman–Crippen MR) is 108 cm³/mol. The van der Waals surface area contributed by atoms with Crippen LogP contribution in [0.1, 0.15) is 38.7 Å². The molecule has 0 heterocycles. The van der Waals surface area contributed by atoms with Gasteiger partial charge in [0.15, 0.2) is 0 Å². The van der Waals surface area contributed by atoms with E-state index in [1.807, 2.05) is 0 Å². The highest BCUT2D eigenvalue weighted by atomic mass is 16.4. The Balaban J connectivity index is 2.99. The molecule has 7 N–H and O–H groups in total. The Morgan fingerprint density at radius 1 is 1.03 bits per heavy atom. The van der Waals surface area contributed by atoms with Crippen molar-refractivity contribution in [2.45, 2.75) is 57.7 Å². The summed E-state index contributed by atoms with van der Waals surface area (Å²) in [5.74, 6) is -4.02. The molecule has 1 aromatic carbocycles. The fourth-order valence-corrected chi connectivity index (χ4v) is 2.70. The number of nitrogens with two attached hydrogens (primary N) is 1. The summed E-state index contributed by atoms with van der Waals surface area (Å²) in [5.41, 5.74) is 6.33. The second-order valence-electron chi connectivity index (χ2n) is 7.18. The first-order chi connectivity index (χ1) is 14.0. The van der Waals surface area contributed by atoms with Gasteiger partial charge in [-0.05, 0) is 30.0 Å². The molecule has 166 valence electrons. The second-order valence-corrected chi connectivity index (χ2v) is 7.18. The van der Waals surface area contributed by atoms with Crippen molar-refractivity contribution < 1.29 is 34.5 Å². The van der Waals surface area contributed by atoms with Crippen LogP contribution < -0.4 is 16.4 Å². The molecule has 1 aromatic rings. The van der Waals surface area contributed by atoms with Crippen LogP contribution in [0.25, 0.3) is 0 Å². The standard InChI is InChI=1S/C20H29N3O7/c1-3-11(2)17(20(29)30)23-19(28)15(10-12-4-6-13(24)7-5-12)22-18(27)14(21)8-9-16(25)26/h4-7,11,14-15,17,24H,3,8-10,21H2,1-2H3,(H,22,27)(H,23,28)(H,25,26)(H,29,30). The van der Waals surface area contributed by atoms with Gasteiger partial charge in [-0.3, -0.25) is 14.4 Å². The molecule has 10 heteroatoms. The number of carboxylic acid groups (broad SMARTS) is 2. The largest absolute Gasteiger partial charge is 0.508 e. The monoisotopic (exact) mass is 423 g/mol. The molecule has 0 fully saturated rings. The number of nitrogens with one attached hydrogen (secondary N) is 2. The number of phenolic OH excluding ortho intramolecular Hbond substituents is 1. The lowest BCUT2D eigenvalue weighted by molar-refractivity contribution is -0.143. The molecule has 2 amide bonds. The Morgan fingerprint density at radius 3 is 2.13 bits per heavy atom. The van der Waals surface area contributed by atoms with E-state index in [2.05, 4.69) is 10.6 Å². The van der Waals surface area contributed by atoms with Gasteiger partial charge in [0.25, 0.3) is 0 Å². The molecule has 0 spiro atoms. The number of aliphatic carboxylic acids is 2. The zero-order chi connectivity index (χ0) is 22.8. The van der Waals surface area contributed by atoms with Crippen molar-refractivity contribution >= 4 is 23.8 Å². The molecular formula is C20H29N3O7. The van der Waals surface area contributed by atoms with Gasteiger partial charge in [-0.15, -0.1) is 0 Å². The van der Waals surface area contributed by atoms with Gasteiger partial charge in [0.2, 0.25) is 11.8 Å². The molecule has 0 saturated carbocycles. The molecule has 10 nitrogen and oxygen atoms in total. The Morgan fingerprint density at radius 2 is 1.63 bits per heavy atom. The third-order valence-corrected chi connectivity index (χ3v) is 4.79. The van der Waals surface area contributed by atoms with Crippen LogP contribution in [0.4, 0.5) is 0 Å². The Labute approximate surface area is 174 Å². The lowest BCUT2D eigenvalue weighted by Crippen LogP contribution is -2.56. The summed E-state index contributed by atoms with van der Waals surface area (Å²) in [6.07, 6.45) is 0.125. The van der Waals surface area contributed by atoms with Crippen molar-refractivity contribution in [3.8, 4) is 5.75 Å². The summed E-state index contributed by atoms with van der Waals surface area (Å²) >= 11 is 0. The van der Waals surface area contributed by atoms with Gasteiger partial charge in [-0.25, -0.2) is 4.79 Å². The first kappa shape index (κ1) is 24.9. The molecule has 4 unspecified atom stereocenters. The SMILES string of the molecule is CCC(C)C(NC(=O)C(Cc1ccc(O)cc1)NC(=O)C(N)CCC(=O)O)C(=O)O. The van der Waals surface area contributed by atoms with Gasteiger partial charge in [0.05, 0.1) is 6.04 Å². The van der Waals surface area contributed by atoms with Crippen LogP contribution in [0.3, 0.4) is 0 Å². The van der Waals surface area contributed by atoms with Crippen LogP contribution in [0.5, 0.6) is 5.75 Å². The van der Waals surface area contributed by atoms with E-state index in [1.165, 1.54) is 12.1 Å². The summed E-state index contributed by atoms with van der Waals surface area (Å²) in [4.78, 5) is 47.4. The maximum absolute atomic E-state index is 12.8. The Bertz CT molecular complexity index is 751. The van der Waals surface area contributed by atoms with Gasteiger partial charge in [-0.1, -0.05) is 32.4 Å². The second kappa shape index (κ2) is 11.8. The summed E-state index contributed by atoms with van der Waals surface area (Å²) in [5, 5.41) is 32.5. The molecule has 0 aliphatic carbocycles. The lowest BCUT2D eigenvalue weighted by atomic mass is 9.98. The molecule has 4 atom stereocenters. The first-order valence-corrected chi connectivity index (χ1v) is 9.64. The quantitative estimate of drug-likeness (QED) is 0.276. The van der Waals surface area contributed by atoms with Crippen LogP contribution in [-0.4, -0.2) is 57.2 Å². The van der Waals surface area contributed by atoms with Gasteiger partial charge in [0.1, 0.15) is 17.8 Å². The highest BCUT2D eigenvalue weighted by molar-refractivity contribution is 5.92. The van der Waals surface area contributed by atoms with Crippen LogP contribution >= 0.6 is 0 Å². The van der Waals surface area contributed by atoms with E-state index >= 15 is 0 Å². The first-order valence-electron chi connectivity index (χ1n) is 9.64. The minimum absolute atomic E-state index is 0.0242. The van der Waals surface area contributed by atoms with Crippen molar-refractivity contribution in [2.75, 3.05) is 0 Å².